The zero-order valence-corrected chi connectivity index (χ0v) is 21.4. The van der Waals surface area contributed by atoms with Crippen LogP contribution in [-0.2, 0) is 9.31 Å². The van der Waals surface area contributed by atoms with Gasteiger partial charge in [0.1, 0.15) is 6.33 Å². The van der Waals surface area contributed by atoms with Gasteiger partial charge >= 0.3 is 7.12 Å². The maximum atomic E-state index is 6.02. The van der Waals surface area contributed by atoms with Crippen LogP contribution in [0.5, 0.6) is 0 Å². The number of nitrogens with one attached hydrogen (secondary N) is 1. The number of H-pyrrole nitrogens is 1. The fourth-order valence-electron chi connectivity index (χ4n) is 4.68. The fraction of sp³-hybridized carbons (Fsp3) is 0.241. The van der Waals surface area contributed by atoms with Crippen LogP contribution in [0, 0.1) is 0 Å². The fourth-order valence-corrected chi connectivity index (χ4v) is 4.68. The molecule has 37 heavy (non-hydrogen) atoms. The normalized spacial score (nSPS) is 17.4. The molecule has 0 spiro atoms. The molecular formula is C29H28BN5O2. The molecule has 0 amide bonds. The Bertz CT molecular complexity index is 1720. The summed E-state index contributed by atoms with van der Waals surface area (Å²) in [5, 5.41) is 11.7. The first kappa shape index (κ1) is 23.5. The molecule has 0 unspecified atom stereocenters. The van der Waals surface area contributed by atoms with E-state index in [1.165, 1.54) is 10.8 Å². The minimum atomic E-state index is -0.387. The van der Waals surface area contributed by atoms with Gasteiger partial charge in [-0.3, -0.25) is 10.1 Å². The number of nitrogens with zero attached hydrogens (tertiary/aromatic N) is 4. The molecule has 1 saturated heterocycles. The average molecular weight is 489 g/mol. The Morgan fingerprint density at radius 3 is 2.19 bits per heavy atom. The van der Waals surface area contributed by atoms with Crippen molar-refractivity contribution in [3.63, 3.8) is 0 Å². The molecule has 0 radical (unpaired) electrons. The van der Waals surface area contributed by atoms with Gasteiger partial charge in [0.2, 0.25) is 0 Å². The second-order valence-electron chi connectivity index (χ2n) is 10.3. The molecule has 4 heterocycles. The molecule has 3 aromatic carbocycles. The van der Waals surface area contributed by atoms with Crippen molar-refractivity contribution in [2.24, 2.45) is 4.99 Å². The van der Waals surface area contributed by atoms with E-state index < -0.39 is 0 Å². The van der Waals surface area contributed by atoms with Crippen LogP contribution in [-0.4, -0.2) is 45.0 Å². The lowest BCUT2D eigenvalue weighted by atomic mass is 9.82. The number of fused-ring (bicyclic) bond motifs is 3. The Labute approximate surface area is 215 Å². The van der Waals surface area contributed by atoms with Crippen molar-refractivity contribution in [2.75, 3.05) is 6.54 Å². The summed E-state index contributed by atoms with van der Waals surface area (Å²) in [7, 11) is -0.387. The third-order valence-corrected chi connectivity index (χ3v) is 7.45. The smallest absolute Gasteiger partial charge is 0.398 e. The lowest BCUT2D eigenvalue weighted by molar-refractivity contribution is 0.00578. The third-order valence-electron chi connectivity index (χ3n) is 7.45. The van der Waals surface area contributed by atoms with Crippen molar-refractivity contribution in [1.29, 1.82) is 0 Å². The zero-order valence-electron chi connectivity index (χ0n) is 21.4. The summed E-state index contributed by atoms with van der Waals surface area (Å²) in [4.78, 5) is 13.4. The van der Waals surface area contributed by atoms with Gasteiger partial charge in [-0.15, -0.1) is 0 Å². The quantitative estimate of drug-likeness (QED) is 0.385. The number of hydrogen-bond acceptors (Lipinski definition) is 6. The van der Waals surface area contributed by atoms with Crippen LogP contribution < -0.4 is 16.2 Å². The molecule has 8 heteroatoms. The number of rotatable bonds is 2. The maximum Gasteiger partial charge on any atom is 0.514 e. The van der Waals surface area contributed by atoms with Gasteiger partial charge in [0.25, 0.3) is 0 Å². The summed E-state index contributed by atoms with van der Waals surface area (Å²) < 4.78 is 12.0. The minimum Gasteiger partial charge on any atom is -0.398 e. The molecule has 2 aliphatic rings. The monoisotopic (exact) mass is 489 g/mol. The van der Waals surface area contributed by atoms with E-state index in [1.54, 1.807) is 6.33 Å². The van der Waals surface area contributed by atoms with Crippen LogP contribution in [0.2, 0.25) is 0 Å². The molecule has 7 nitrogen and oxygen atoms in total. The van der Waals surface area contributed by atoms with Crippen LogP contribution in [0.1, 0.15) is 33.4 Å². The van der Waals surface area contributed by atoms with E-state index in [0.29, 0.717) is 6.54 Å². The lowest BCUT2D eigenvalue weighted by Gasteiger charge is -2.32. The molecule has 1 N–H and O–H groups in total. The largest absolute Gasteiger partial charge is 0.514 e. The van der Waals surface area contributed by atoms with Gasteiger partial charge in [-0.2, -0.15) is 5.10 Å². The molecule has 2 aromatic heterocycles. The van der Waals surface area contributed by atoms with Crippen LogP contribution in [0.25, 0.3) is 27.4 Å². The molecule has 7 rings (SSSR count). The van der Waals surface area contributed by atoms with E-state index in [0.717, 1.165) is 38.5 Å². The van der Waals surface area contributed by atoms with E-state index in [9.17, 15) is 0 Å². The Hall–Kier alpha value is -3.88. The molecule has 1 fully saturated rings. The molecule has 0 atom stereocenters. The first-order chi connectivity index (χ1) is 17.8. The Morgan fingerprint density at radius 1 is 0.757 bits per heavy atom. The van der Waals surface area contributed by atoms with Gasteiger partial charge in [0.05, 0.1) is 45.4 Å². The van der Waals surface area contributed by atoms with Gasteiger partial charge in [-0.1, -0.05) is 54.6 Å². The predicted octanol–water partition coefficient (Wildman–Crippen LogP) is 3.32. The summed E-state index contributed by atoms with van der Waals surface area (Å²) in [5.41, 5.74) is 4.33. The van der Waals surface area contributed by atoms with Crippen molar-refractivity contribution in [2.45, 2.75) is 38.9 Å². The van der Waals surface area contributed by atoms with E-state index in [2.05, 4.69) is 37.3 Å². The van der Waals surface area contributed by atoms with Crippen molar-refractivity contribution in [1.82, 2.24) is 20.2 Å². The highest BCUT2D eigenvalue weighted by molar-refractivity contribution is 6.64. The first-order valence-electron chi connectivity index (χ1n) is 12.5. The summed E-state index contributed by atoms with van der Waals surface area (Å²) in [6.45, 7) is 8.88. The second kappa shape index (κ2) is 8.90. The standard InChI is InChI=1S/C16H11N3.C13H17BN2O2/c1-3-7-14-11(5-1)13(9-17-14)16-12-6-2-4-8-15(12)18-10-19-16;1-12(2)13(3,4)18-14(17-12)11-9-7-5-6-8-10(9)15-16-11/h1-8,10H,9H2;5-8H,1-4H3,(H,15,16). The molecule has 0 saturated carbocycles. The molecule has 184 valence electrons. The molecule has 2 aliphatic heterocycles. The zero-order chi connectivity index (χ0) is 25.6. The Morgan fingerprint density at radius 2 is 1.41 bits per heavy atom. The SMILES string of the molecule is CC1(C)OB(c2[nH]nc3ccccc23)OC1(C)C.c1ccc2c(c1)=NCC=2c1ncnc2ccccc12. The Kier molecular flexibility index (Phi) is 5.66. The third kappa shape index (κ3) is 4.12. The van der Waals surface area contributed by atoms with Gasteiger partial charge in [0.15, 0.2) is 0 Å². The number of aromatic amines is 1. The lowest BCUT2D eigenvalue weighted by Crippen LogP contribution is -2.41. The van der Waals surface area contributed by atoms with Crippen molar-refractivity contribution in [3.8, 4) is 0 Å². The van der Waals surface area contributed by atoms with Crippen LogP contribution >= 0.6 is 0 Å². The number of aromatic nitrogens is 4. The topological polar surface area (TPSA) is 85.3 Å². The van der Waals surface area contributed by atoms with Gasteiger partial charge in [-0.25, -0.2) is 9.97 Å². The van der Waals surface area contributed by atoms with Crippen LogP contribution in [0.15, 0.2) is 84.1 Å². The van der Waals surface area contributed by atoms with Crippen molar-refractivity contribution in [3.05, 3.63) is 95.4 Å². The summed E-state index contributed by atoms with van der Waals surface area (Å²) in [5.74, 6) is 0. The maximum absolute atomic E-state index is 6.02. The molecule has 0 bridgehead atoms. The van der Waals surface area contributed by atoms with Crippen LogP contribution in [0.3, 0.4) is 0 Å². The highest BCUT2D eigenvalue weighted by atomic mass is 16.7. The number of benzene rings is 3. The van der Waals surface area contributed by atoms with Crippen molar-refractivity contribution >= 4 is 40.1 Å². The molecule has 5 aromatic rings. The molecule has 0 aliphatic carbocycles. The Balaban J connectivity index is 0.000000136. The van der Waals surface area contributed by atoms with Gasteiger partial charge in [0, 0.05) is 21.6 Å². The average Bonchev–Trinajstić information content (AvgIpc) is 3.58. The van der Waals surface area contributed by atoms with E-state index in [1.807, 2.05) is 88.4 Å². The molecular weight excluding hydrogens is 461 g/mol. The van der Waals surface area contributed by atoms with E-state index in [4.69, 9.17) is 9.31 Å². The minimum absolute atomic E-state index is 0.329. The summed E-state index contributed by atoms with van der Waals surface area (Å²) in [6, 6.07) is 24.3. The number of para-hydroxylation sites is 3. The van der Waals surface area contributed by atoms with Gasteiger partial charge < -0.3 is 9.31 Å². The highest BCUT2D eigenvalue weighted by Gasteiger charge is 2.52. The van der Waals surface area contributed by atoms with E-state index >= 15 is 0 Å². The van der Waals surface area contributed by atoms with Gasteiger partial charge in [-0.05, 0) is 45.9 Å². The number of hydrogen-bond donors (Lipinski definition) is 1. The van der Waals surface area contributed by atoms with Crippen molar-refractivity contribution < 1.29 is 9.31 Å². The highest BCUT2D eigenvalue weighted by Crippen LogP contribution is 2.36. The van der Waals surface area contributed by atoms with E-state index in [-0.39, 0.29) is 18.3 Å². The second-order valence-corrected chi connectivity index (χ2v) is 10.3. The van der Waals surface area contributed by atoms with Crippen LogP contribution in [0.4, 0.5) is 0 Å². The summed E-state index contributed by atoms with van der Waals surface area (Å²) in [6.07, 6.45) is 1.63. The first-order valence-corrected chi connectivity index (χ1v) is 12.5. The summed E-state index contributed by atoms with van der Waals surface area (Å²) >= 11 is 0. The predicted molar refractivity (Wildman–Crippen MR) is 146 cm³/mol.